The fourth-order valence-corrected chi connectivity index (χ4v) is 3.39. The Hall–Kier alpha value is -2.48. The standard InChI is InChI=1S/C16H16O3Si/c1-6-17-20(18-7-2,19-8-3)12-11-16-13-14(4)9-10-15(16)5/h1-3,9-10,13H,11-12H2,4-5H3. The Labute approximate surface area is 121 Å². The van der Waals surface area contributed by atoms with Crippen molar-refractivity contribution in [3.63, 3.8) is 0 Å². The van der Waals surface area contributed by atoms with E-state index >= 15 is 0 Å². The Morgan fingerprint density at radius 3 is 2.05 bits per heavy atom. The molecule has 0 aliphatic heterocycles. The summed E-state index contributed by atoms with van der Waals surface area (Å²) in [6.07, 6.45) is 22.3. The quantitative estimate of drug-likeness (QED) is 0.593. The number of terminal acetylenes is 3. The van der Waals surface area contributed by atoms with Crippen LogP contribution in [0.2, 0.25) is 6.04 Å². The second-order valence-corrected chi connectivity index (χ2v) is 6.75. The fourth-order valence-electron chi connectivity index (χ4n) is 1.84. The second kappa shape index (κ2) is 7.19. The molecule has 20 heavy (non-hydrogen) atoms. The Kier molecular flexibility index (Phi) is 5.60. The Morgan fingerprint density at radius 1 is 1.00 bits per heavy atom. The van der Waals surface area contributed by atoms with E-state index in [2.05, 4.69) is 36.5 Å². The van der Waals surface area contributed by atoms with Gasteiger partial charge >= 0.3 is 8.80 Å². The maximum absolute atomic E-state index is 5.16. The highest BCUT2D eigenvalue weighted by Crippen LogP contribution is 2.20. The molecule has 0 spiro atoms. The van der Waals surface area contributed by atoms with Gasteiger partial charge in [-0.25, -0.2) is 0 Å². The van der Waals surface area contributed by atoms with E-state index in [1.807, 2.05) is 13.8 Å². The van der Waals surface area contributed by atoms with Crippen LogP contribution in [-0.2, 0) is 19.7 Å². The first-order valence-electron chi connectivity index (χ1n) is 6.04. The smallest absolute Gasteiger partial charge is 0.432 e. The third-order valence-corrected chi connectivity index (χ3v) is 5.00. The molecule has 4 heteroatoms. The van der Waals surface area contributed by atoms with Crippen molar-refractivity contribution in [2.75, 3.05) is 0 Å². The summed E-state index contributed by atoms with van der Waals surface area (Å²) < 4.78 is 15.4. The van der Waals surface area contributed by atoms with E-state index in [0.29, 0.717) is 12.5 Å². The molecular formula is C16H16O3Si. The van der Waals surface area contributed by atoms with Crippen LogP contribution in [-0.4, -0.2) is 8.80 Å². The molecule has 0 amide bonds. The molecule has 1 rings (SSSR count). The summed E-state index contributed by atoms with van der Waals surface area (Å²) >= 11 is 0. The number of hydrogen-bond acceptors (Lipinski definition) is 3. The molecule has 0 saturated carbocycles. The third-order valence-electron chi connectivity index (χ3n) is 2.85. The first-order chi connectivity index (χ1) is 9.56. The third kappa shape index (κ3) is 4.02. The molecule has 0 unspecified atom stereocenters. The zero-order valence-corrected chi connectivity index (χ0v) is 12.6. The van der Waals surface area contributed by atoms with Crippen molar-refractivity contribution < 1.29 is 13.3 Å². The topological polar surface area (TPSA) is 27.7 Å². The van der Waals surface area contributed by atoms with Gasteiger partial charge in [-0.1, -0.05) is 43.0 Å². The van der Waals surface area contributed by atoms with Crippen LogP contribution in [0.1, 0.15) is 16.7 Å². The van der Waals surface area contributed by atoms with E-state index in [0.717, 1.165) is 5.56 Å². The molecule has 1 aromatic rings. The molecule has 3 nitrogen and oxygen atoms in total. The molecule has 0 aliphatic carbocycles. The largest absolute Gasteiger partial charge is 0.725 e. The molecule has 0 heterocycles. The molecule has 102 valence electrons. The minimum atomic E-state index is -3.23. The summed E-state index contributed by atoms with van der Waals surface area (Å²) in [7, 11) is -3.23. The highest BCUT2D eigenvalue weighted by Gasteiger charge is 2.48. The van der Waals surface area contributed by atoms with Gasteiger partial charge < -0.3 is 13.3 Å². The predicted octanol–water partition coefficient (Wildman–Crippen LogP) is 2.61. The lowest BCUT2D eigenvalue weighted by Gasteiger charge is -2.21. The first kappa shape index (κ1) is 15.6. The maximum atomic E-state index is 5.16. The van der Waals surface area contributed by atoms with Crippen molar-refractivity contribution in [1.82, 2.24) is 0 Å². The van der Waals surface area contributed by atoms with Gasteiger partial charge in [0.2, 0.25) is 0 Å². The van der Waals surface area contributed by atoms with Crippen molar-refractivity contribution >= 4 is 8.80 Å². The molecule has 0 bridgehead atoms. The van der Waals surface area contributed by atoms with Crippen molar-refractivity contribution in [3.8, 4) is 37.6 Å². The number of hydrogen-bond donors (Lipinski definition) is 0. The van der Waals surface area contributed by atoms with Gasteiger partial charge in [0.15, 0.2) is 0 Å². The molecule has 0 saturated heterocycles. The summed E-state index contributed by atoms with van der Waals surface area (Å²) in [4.78, 5) is 0. The van der Waals surface area contributed by atoms with Gasteiger partial charge in [-0.05, 0) is 31.4 Å². The monoisotopic (exact) mass is 284 g/mol. The highest BCUT2D eigenvalue weighted by molar-refractivity contribution is 6.61. The van der Waals surface area contributed by atoms with Gasteiger partial charge in [-0.15, -0.1) is 0 Å². The summed E-state index contributed by atoms with van der Waals surface area (Å²) in [6, 6.07) is 6.61. The minimum Gasteiger partial charge on any atom is -0.432 e. The molecule has 0 aliphatic rings. The number of rotatable bonds is 6. The van der Waals surface area contributed by atoms with E-state index in [4.69, 9.17) is 32.5 Å². The van der Waals surface area contributed by atoms with E-state index in [9.17, 15) is 0 Å². The molecule has 1 aromatic carbocycles. The average molecular weight is 284 g/mol. The number of benzene rings is 1. The van der Waals surface area contributed by atoms with Gasteiger partial charge in [0, 0.05) is 0 Å². The lowest BCUT2D eigenvalue weighted by atomic mass is 10.0. The van der Waals surface area contributed by atoms with Crippen LogP contribution in [0.3, 0.4) is 0 Å². The molecular weight excluding hydrogens is 268 g/mol. The van der Waals surface area contributed by atoms with Crippen molar-refractivity contribution in [2.24, 2.45) is 0 Å². The van der Waals surface area contributed by atoms with Crippen LogP contribution < -0.4 is 0 Å². The Bertz CT molecular complexity index is 546. The normalized spacial score (nSPS) is 9.75. The SMILES string of the molecule is C#CO[Si](CCc1cc(C)ccc1C)(OC#C)OC#C. The van der Waals surface area contributed by atoms with Crippen LogP contribution in [0.5, 0.6) is 0 Å². The van der Waals surface area contributed by atoms with Crippen molar-refractivity contribution in [2.45, 2.75) is 26.3 Å². The zero-order valence-electron chi connectivity index (χ0n) is 11.6. The zero-order chi connectivity index (χ0) is 15.0. The Morgan fingerprint density at radius 2 is 1.55 bits per heavy atom. The predicted molar refractivity (Wildman–Crippen MR) is 79.9 cm³/mol. The maximum Gasteiger partial charge on any atom is 0.725 e. The Balaban J connectivity index is 2.91. The molecule has 0 fully saturated rings. The second-order valence-electron chi connectivity index (χ2n) is 4.27. The lowest BCUT2D eigenvalue weighted by molar-refractivity contribution is 0.212. The van der Waals surface area contributed by atoms with Crippen LogP contribution in [0.25, 0.3) is 0 Å². The van der Waals surface area contributed by atoms with Crippen LogP contribution in [0.15, 0.2) is 18.2 Å². The van der Waals surface area contributed by atoms with Gasteiger partial charge in [0.1, 0.15) is 0 Å². The summed E-state index contributed by atoms with van der Waals surface area (Å²) in [5, 5.41) is 0. The van der Waals surface area contributed by atoms with Crippen LogP contribution >= 0.6 is 0 Å². The van der Waals surface area contributed by atoms with E-state index in [1.54, 1.807) is 0 Å². The van der Waals surface area contributed by atoms with Gasteiger partial charge in [0.05, 0.1) is 24.4 Å². The molecule has 0 radical (unpaired) electrons. The summed E-state index contributed by atoms with van der Waals surface area (Å²) in [5.74, 6) is 0. The van der Waals surface area contributed by atoms with E-state index in [-0.39, 0.29) is 0 Å². The fraction of sp³-hybridized carbons (Fsp3) is 0.250. The highest BCUT2D eigenvalue weighted by atomic mass is 28.4. The molecule has 0 N–H and O–H groups in total. The van der Waals surface area contributed by atoms with E-state index < -0.39 is 8.80 Å². The minimum absolute atomic E-state index is 0.413. The molecule has 0 aromatic heterocycles. The van der Waals surface area contributed by atoms with Gasteiger partial charge in [0.25, 0.3) is 0 Å². The van der Waals surface area contributed by atoms with Gasteiger partial charge in [-0.3, -0.25) is 0 Å². The van der Waals surface area contributed by atoms with E-state index in [1.165, 1.54) is 11.1 Å². The first-order valence-corrected chi connectivity index (χ1v) is 7.97. The van der Waals surface area contributed by atoms with Crippen LogP contribution in [0.4, 0.5) is 0 Å². The summed E-state index contributed by atoms with van der Waals surface area (Å²) in [5.41, 5.74) is 3.50. The van der Waals surface area contributed by atoms with Gasteiger partial charge in [-0.2, -0.15) is 0 Å². The van der Waals surface area contributed by atoms with Crippen molar-refractivity contribution in [3.05, 3.63) is 34.9 Å². The lowest BCUT2D eigenvalue weighted by Crippen LogP contribution is -2.42. The van der Waals surface area contributed by atoms with Crippen molar-refractivity contribution in [1.29, 1.82) is 0 Å². The molecule has 0 atom stereocenters. The summed E-state index contributed by atoms with van der Waals surface area (Å²) in [6.45, 7) is 4.06. The average Bonchev–Trinajstić information content (AvgIpc) is 2.41. The number of aryl methyl sites for hydroxylation is 3. The van der Waals surface area contributed by atoms with Crippen LogP contribution in [0, 0.1) is 51.4 Å².